The monoisotopic (exact) mass is 337 g/mol. The summed E-state index contributed by atoms with van der Waals surface area (Å²) in [5, 5.41) is 20.3. The van der Waals surface area contributed by atoms with E-state index in [1.807, 2.05) is 18.2 Å². The second kappa shape index (κ2) is 5.45. The van der Waals surface area contributed by atoms with Gasteiger partial charge in [-0.15, -0.1) is 11.3 Å². The van der Waals surface area contributed by atoms with E-state index in [9.17, 15) is 10.2 Å². The fraction of sp³-hybridized carbons (Fsp3) is 0.200. The summed E-state index contributed by atoms with van der Waals surface area (Å²) in [6.45, 7) is 1.78. The molecule has 2 aromatic carbocycles. The Labute approximate surface area is 145 Å². The van der Waals surface area contributed by atoms with Gasteiger partial charge in [0.25, 0.3) is 0 Å². The average molecular weight is 337 g/mol. The van der Waals surface area contributed by atoms with Gasteiger partial charge in [0.05, 0.1) is 18.6 Å². The average Bonchev–Trinajstić information content (AvgIpc) is 3.14. The van der Waals surface area contributed by atoms with E-state index in [1.165, 1.54) is 9.75 Å². The van der Waals surface area contributed by atoms with Gasteiger partial charge in [0.2, 0.25) is 0 Å². The van der Waals surface area contributed by atoms with Gasteiger partial charge in [-0.25, -0.2) is 0 Å². The van der Waals surface area contributed by atoms with Crippen LogP contribution in [-0.2, 0) is 5.41 Å². The number of aliphatic hydroxyl groups is 2. The van der Waals surface area contributed by atoms with Crippen LogP contribution in [0.4, 0.5) is 5.69 Å². The van der Waals surface area contributed by atoms with Crippen LogP contribution in [0.25, 0.3) is 21.6 Å². The summed E-state index contributed by atoms with van der Waals surface area (Å²) in [4.78, 5) is 2.45. The lowest BCUT2D eigenvalue weighted by Gasteiger charge is -2.27. The Balaban J connectivity index is 1.97. The quantitative estimate of drug-likeness (QED) is 0.640. The zero-order valence-corrected chi connectivity index (χ0v) is 14.2. The maximum atomic E-state index is 10.2. The molecular weight excluding hydrogens is 318 g/mol. The number of aryl methyl sites for hydroxylation is 1. The largest absolute Gasteiger partial charge is 0.399 e. The number of nitrogens with two attached hydrogens (primary N) is 1. The van der Waals surface area contributed by atoms with Crippen LogP contribution in [0.5, 0.6) is 0 Å². The van der Waals surface area contributed by atoms with Crippen LogP contribution in [0.15, 0.2) is 48.5 Å². The smallest absolute Gasteiger partial charge is 0.0677 e. The Morgan fingerprint density at radius 3 is 2.21 bits per heavy atom. The topological polar surface area (TPSA) is 66.5 Å². The van der Waals surface area contributed by atoms with Crippen LogP contribution >= 0.6 is 11.3 Å². The molecule has 4 rings (SSSR count). The van der Waals surface area contributed by atoms with Gasteiger partial charge in [0.15, 0.2) is 0 Å². The molecule has 0 radical (unpaired) electrons. The first-order valence-corrected chi connectivity index (χ1v) is 8.74. The molecular formula is C20H19NO2S. The first-order valence-electron chi connectivity index (χ1n) is 7.92. The molecule has 0 saturated carbocycles. The molecule has 0 atom stereocenters. The second-order valence-electron chi connectivity index (χ2n) is 6.37. The molecule has 122 valence electrons. The number of aliphatic hydroxyl groups excluding tert-OH is 2. The molecule has 24 heavy (non-hydrogen) atoms. The first kappa shape index (κ1) is 15.4. The van der Waals surface area contributed by atoms with Gasteiger partial charge in [-0.1, -0.05) is 18.2 Å². The highest BCUT2D eigenvalue weighted by atomic mass is 32.1. The normalized spacial score (nSPS) is 14.5. The number of nitrogen functional groups attached to an aromatic ring is 1. The number of thiophene rings is 1. The van der Waals surface area contributed by atoms with Crippen molar-refractivity contribution in [3.05, 3.63) is 64.5 Å². The first-order chi connectivity index (χ1) is 11.6. The lowest BCUT2D eigenvalue weighted by molar-refractivity contribution is 0.146. The van der Waals surface area contributed by atoms with E-state index in [-0.39, 0.29) is 13.2 Å². The van der Waals surface area contributed by atoms with E-state index >= 15 is 0 Å². The van der Waals surface area contributed by atoms with Crippen LogP contribution in [0.2, 0.25) is 0 Å². The molecule has 1 aromatic heterocycles. The summed E-state index contributed by atoms with van der Waals surface area (Å²) < 4.78 is 0. The standard InChI is InChI=1S/C20H19NO2S/c1-12-2-7-19(24-12)13-3-5-15-16-6-4-14(21)9-18(16)20(10-22,11-23)17(15)8-13/h2-9,22-23H,10-11,21H2,1H3. The van der Waals surface area contributed by atoms with E-state index in [0.29, 0.717) is 5.69 Å². The molecule has 0 bridgehead atoms. The maximum absolute atomic E-state index is 10.2. The molecule has 0 unspecified atom stereocenters. The molecule has 3 aromatic rings. The fourth-order valence-corrected chi connectivity index (χ4v) is 4.51. The number of fused-ring (bicyclic) bond motifs is 3. The SMILES string of the molecule is Cc1ccc(-c2ccc3c(c2)C(CO)(CO)c2cc(N)ccc2-3)s1. The van der Waals surface area contributed by atoms with Crippen LogP contribution in [0.1, 0.15) is 16.0 Å². The number of benzene rings is 2. The van der Waals surface area contributed by atoms with Crippen LogP contribution in [-0.4, -0.2) is 23.4 Å². The van der Waals surface area contributed by atoms with Gasteiger partial charge in [-0.05, 0) is 65.1 Å². The minimum atomic E-state index is -0.803. The van der Waals surface area contributed by atoms with Crippen molar-refractivity contribution >= 4 is 17.0 Å². The Bertz CT molecular complexity index is 925. The fourth-order valence-electron chi connectivity index (χ4n) is 3.65. The van der Waals surface area contributed by atoms with Gasteiger partial charge < -0.3 is 15.9 Å². The Hall–Kier alpha value is -2.14. The van der Waals surface area contributed by atoms with Crippen molar-refractivity contribution in [1.82, 2.24) is 0 Å². The predicted molar refractivity (Wildman–Crippen MR) is 99.3 cm³/mol. The molecule has 0 amide bonds. The van der Waals surface area contributed by atoms with Crippen molar-refractivity contribution in [2.45, 2.75) is 12.3 Å². The van der Waals surface area contributed by atoms with E-state index in [2.05, 4.69) is 37.3 Å². The number of rotatable bonds is 3. The molecule has 0 aliphatic heterocycles. The van der Waals surface area contributed by atoms with Crippen LogP contribution in [0.3, 0.4) is 0 Å². The van der Waals surface area contributed by atoms with Crippen LogP contribution in [0, 0.1) is 6.92 Å². The summed E-state index contributed by atoms with van der Waals surface area (Å²) in [5.41, 5.74) is 10.9. The Morgan fingerprint density at radius 2 is 1.58 bits per heavy atom. The van der Waals surface area contributed by atoms with Crippen molar-refractivity contribution in [1.29, 1.82) is 0 Å². The zero-order chi connectivity index (χ0) is 16.9. The molecule has 0 fully saturated rings. The lowest BCUT2D eigenvalue weighted by atomic mass is 9.79. The van der Waals surface area contributed by atoms with Gasteiger partial charge >= 0.3 is 0 Å². The zero-order valence-electron chi connectivity index (χ0n) is 13.4. The van der Waals surface area contributed by atoms with Crippen molar-refractivity contribution in [2.24, 2.45) is 0 Å². The molecule has 0 spiro atoms. The lowest BCUT2D eigenvalue weighted by Crippen LogP contribution is -2.34. The van der Waals surface area contributed by atoms with Gasteiger partial charge in [-0.2, -0.15) is 0 Å². The third kappa shape index (κ3) is 2.04. The van der Waals surface area contributed by atoms with Crippen LogP contribution < -0.4 is 5.73 Å². The minimum Gasteiger partial charge on any atom is -0.399 e. The van der Waals surface area contributed by atoms with Gasteiger partial charge in [0, 0.05) is 15.4 Å². The molecule has 1 aliphatic carbocycles. The molecule has 4 N–H and O–H groups in total. The van der Waals surface area contributed by atoms with Crippen molar-refractivity contribution < 1.29 is 10.2 Å². The highest BCUT2D eigenvalue weighted by molar-refractivity contribution is 7.15. The molecule has 3 nitrogen and oxygen atoms in total. The van der Waals surface area contributed by atoms with E-state index in [1.54, 1.807) is 11.3 Å². The number of hydrogen-bond acceptors (Lipinski definition) is 4. The third-order valence-electron chi connectivity index (χ3n) is 4.95. The molecule has 1 aliphatic rings. The third-order valence-corrected chi connectivity index (χ3v) is 6.00. The number of anilines is 1. The Morgan fingerprint density at radius 1 is 0.917 bits per heavy atom. The van der Waals surface area contributed by atoms with Crippen molar-refractivity contribution in [3.63, 3.8) is 0 Å². The van der Waals surface area contributed by atoms with E-state index in [0.717, 1.165) is 27.8 Å². The van der Waals surface area contributed by atoms with Gasteiger partial charge in [-0.3, -0.25) is 0 Å². The molecule has 1 heterocycles. The van der Waals surface area contributed by atoms with E-state index in [4.69, 9.17) is 5.73 Å². The van der Waals surface area contributed by atoms with Crippen molar-refractivity contribution in [3.8, 4) is 21.6 Å². The Kier molecular flexibility index (Phi) is 3.49. The van der Waals surface area contributed by atoms with Crippen molar-refractivity contribution in [2.75, 3.05) is 18.9 Å². The molecule has 4 heteroatoms. The highest BCUT2D eigenvalue weighted by Gasteiger charge is 2.42. The number of hydrogen-bond donors (Lipinski definition) is 3. The summed E-state index contributed by atoms with van der Waals surface area (Å²) in [7, 11) is 0. The van der Waals surface area contributed by atoms with E-state index < -0.39 is 5.41 Å². The van der Waals surface area contributed by atoms with Gasteiger partial charge in [0.1, 0.15) is 0 Å². The minimum absolute atomic E-state index is 0.153. The molecule has 0 saturated heterocycles. The summed E-state index contributed by atoms with van der Waals surface area (Å²) in [6.07, 6.45) is 0. The predicted octanol–water partition coefficient (Wildman–Crippen LogP) is 3.56. The summed E-state index contributed by atoms with van der Waals surface area (Å²) in [5.74, 6) is 0. The highest BCUT2D eigenvalue weighted by Crippen LogP contribution is 2.50. The second-order valence-corrected chi connectivity index (χ2v) is 7.66. The maximum Gasteiger partial charge on any atom is 0.0677 e. The summed E-state index contributed by atoms with van der Waals surface area (Å²) in [6, 6.07) is 16.2. The summed E-state index contributed by atoms with van der Waals surface area (Å²) >= 11 is 1.74.